The van der Waals surface area contributed by atoms with Crippen molar-refractivity contribution in [2.75, 3.05) is 31.7 Å². The van der Waals surface area contributed by atoms with E-state index in [2.05, 4.69) is 15.6 Å². The summed E-state index contributed by atoms with van der Waals surface area (Å²) in [7, 11) is 0. The fourth-order valence-electron chi connectivity index (χ4n) is 4.89. The van der Waals surface area contributed by atoms with Gasteiger partial charge in [-0.05, 0) is 44.9 Å². The van der Waals surface area contributed by atoms with E-state index >= 15 is 0 Å². The topological polar surface area (TPSA) is 104 Å². The average molecular weight is 539 g/mol. The number of anilines is 1. The number of hydrogen-bond acceptors (Lipinski definition) is 6. The maximum atomic E-state index is 14.9. The Hall–Kier alpha value is -3.25. The molecule has 0 unspecified atom stereocenters. The van der Waals surface area contributed by atoms with Crippen molar-refractivity contribution in [1.82, 2.24) is 15.2 Å². The van der Waals surface area contributed by atoms with E-state index in [4.69, 9.17) is 4.74 Å². The highest BCUT2D eigenvalue weighted by atomic mass is 19.4. The van der Waals surface area contributed by atoms with E-state index in [1.807, 2.05) is 6.92 Å². The summed E-state index contributed by atoms with van der Waals surface area (Å²) in [5.41, 5.74) is 0.134. The number of amides is 2. The lowest BCUT2D eigenvalue weighted by atomic mass is 9.90. The molecule has 2 aliphatic rings. The monoisotopic (exact) mass is 538 g/mol. The van der Waals surface area contributed by atoms with Crippen molar-refractivity contribution in [3.8, 4) is 0 Å². The molecule has 0 saturated carbocycles. The summed E-state index contributed by atoms with van der Waals surface area (Å²) < 4.78 is 59.2. The van der Waals surface area contributed by atoms with Gasteiger partial charge in [0.25, 0.3) is 5.91 Å². The summed E-state index contributed by atoms with van der Waals surface area (Å²) in [5.74, 6) is -2.32. The molecule has 206 valence electrons. The number of carbonyl (C=O) groups excluding carboxylic acids is 2. The number of pyridine rings is 1. The second-order valence-electron chi connectivity index (χ2n) is 9.69. The molecule has 0 spiro atoms. The summed E-state index contributed by atoms with van der Waals surface area (Å²) in [6, 6.07) is 1.81. The fraction of sp³-hybridized carbons (Fsp3) is 0.500. The van der Waals surface area contributed by atoms with Crippen LogP contribution in [-0.2, 0) is 15.7 Å². The van der Waals surface area contributed by atoms with Crippen LogP contribution in [0.3, 0.4) is 0 Å². The third kappa shape index (κ3) is 5.75. The molecule has 3 atom stereocenters. The number of aliphatic hydroxyl groups excluding tert-OH is 1. The molecule has 2 aromatic rings. The van der Waals surface area contributed by atoms with E-state index in [1.165, 1.54) is 11.1 Å². The first-order valence-electron chi connectivity index (χ1n) is 12.4. The summed E-state index contributed by atoms with van der Waals surface area (Å²) in [6.07, 6.45) is -2.28. The standard InChI is InChI=1S/C26H30F4N4O4/c1-14-9-19(21(11-32-14)31-7-8-35)25(37)34-15(2)3-6-22(34)24(36)33-23(16-12-38-13-16)18-5-4-17(10-20(18)27)26(28,29)30/h4-5,9-11,15-16,22-23,31,35H,3,6-8,12-13H2,1-2H3,(H,33,36)/t15-,22-,23-/m1/s1. The highest BCUT2D eigenvalue weighted by molar-refractivity contribution is 6.02. The predicted molar refractivity (Wildman–Crippen MR) is 130 cm³/mol. The Morgan fingerprint density at radius 1 is 1.24 bits per heavy atom. The first-order valence-corrected chi connectivity index (χ1v) is 12.4. The van der Waals surface area contributed by atoms with Crippen LogP contribution >= 0.6 is 0 Å². The van der Waals surface area contributed by atoms with Crippen molar-refractivity contribution in [2.45, 2.75) is 51.0 Å². The van der Waals surface area contributed by atoms with E-state index in [-0.39, 0.29) is 43.9 Å². The Balaban J connectivity index is 1.59. The molecule has 0 aliphatic carbocycles. The van der Waals surface area contributed by atoms with Gasteiger partial charge in [-0.15, -0.1) is 0 Å². The van der Waals surface area contributed by atoms with Crippen LogP contribution in [0.4, 0.5) is 23.2 Å². The number of hydrogen-bond donors (Lipinski definition) is 3. The second kappa shape index (κ2) is 11.2. The third-order valence-electron chi connectivity index (χ3n) is 7.00. The van der Waals surface area contributed by atoms with Crippen LogP contribution in [0.2, 0.25) is 0 Å². The molecule has 2 aliphatic heterocycles. The Morgan fingerprint density at radius 3 is 2.58 bits per heavy atom. The SMILES string of the molecule is Cc1cc(C(=O)N2[C@H](C)CC[C@@H]2C(=O)N[C@@H](c2ccc(C(F)(F)F)cc2F)C2COC2)c(NCCO)cn1. The highest BCUT2D eigenvalue weighted by Gasteiger charge is 2.42. The Morgan fingerprint density at radius 2 is 1.97 bits per heavy atom. The van der Waals surface area contributed by atoms with Gasteiger partial charge in [-0.2, -0.15) is 13.2 Å². The van der Waals surface area contributed by atoms with Crippen LogP contribution in [0.5, 0.6) is 0 Å². The van der Waals surface area contributed by atoms with Crippen LogP contribution in [0.15, 0.2) is 30.5 Å². The summed E-state index contributed by atoms with van der Waals surface area (Å²) in [6.45, 7) is 4.03. The summed E-state index contributed by atoms with van der Waals surface area (Å²) >= 11 is 0. The van der Waals surface area contributed by atoms with Crippen LogP contribution in [0, 0.1) is 18.7 Å². The van der Waals surface area contributed by atoms with Crippen molar-refractivity contribution >= 4 is 17.5 Å². The molecular weight excluding hydrogens is 508 g/mol. The van der Waals surface area contributed by atoms with E-state index in [0.29, 0.717) is 35.9 Å². The third-order valence-corrected chi connectivity index (χ3v) is 7.00. The van der Waals surface area contributed by atoms with Crippen molar-refractivity contribution in [1.29, 1.82) is 0 Å². The number of nitrogens with zero attached hydrogens (tertiary/aromatic N) is 2. The predicted octanol–water partition coefficient (Wildman–Crippen LogP) is 3.45. The maximum absolute atomic E-state index is 14.9. The smallest absolute Gasteiger partial charge is 0.395 e. The minimum atomic E-state index is -4.70. The molecular formula is C26H30F4N4O4. The number of ether oxygens (including phenoxy) is 1. The molecule has 1 aromatic heterocycles. The molecule has 12 heteroatoms. The van der Waals surface area contributed by atoms with Crippen LogP contribution in [0.1, 0.15) is 53.0 Å². The van der Waals surface area contributed by atoms with Crippen LogP contribution in [-0.4, -0.2) is 65.3 Å². The number of aromatic nitrogens is 1. The zero-order chi connectivity index (χ0) is 27.6. The Labute approximate surface area is 217 Å². The van der Waals surface area contributed by atoms with Crippen LogP contribution in [0.25, 0.3) is 0 Å². The first kappa shape index (κ1) is 27.8. The van der Waals surface area contributed by atoms with Gasteiger partial charge in [-0.25, -0.2) is 4.39 Å². The van der Waals surface area contributed by atoms with Gasteiger partial charge in [0, 0.05) is 29.8 Å². The molecule has 2 amide bonds. The molecule has 2 fully saturated rings. The molecule has 38 heavy (non-hydrogen) atoms. The van der Waals surface area contributed by atoms with E-state index < -0.39 is 41.5 Å². The van der Waals surface area contributed by atoms with Gasteiger partial charge >= 0.3 is 6.18 Å². The Kier molecular flexibility index (Phi) is 8.22. The number of likely N-dealkylation sites (tertiary alicyclic amines) is 1. The maximum Gasteiger partial charge on any atom is 0.416 e. The van der Waals surface area contributed by atoms with E-state index in [1.54, 1.807) is 13.0 Å². The minimum absolute atomic E-state index is 0.0659. The van der Waals surface area contributed by atoms with Crippen molar-refractivity contribution < 1.29 is 37.0 Å². The summed E-state index contributed by atoms with van der Waals surface area (Å²) in [5, 5.41) is 14.9. The second-order valence-corrected chi connectivity index (χ2v) is 9.69. The number of alkyl halides is 3. The first-order chi connectivity index (χ1) is 18.0. The number of benzene rings is 1. The molecule has 4 rings (SSSR count). The van der Waals surface area contributed by atoms with Gasteiger partial charge in [0.05, 0.1) is 48.9 Å². The molecule has 8 nitrogen and oxygen atoms in total. The van der Waals surface area contributed by atoms with Gasteiger partial charge in [0.15, 0.2) is 0 Å². The molecule has 0 radical (unpaired) electrons. The lowest BCUT2D eigenvalue weighted by molar-refractivity contribution is -0.138. The molecule has 1 aromatic carbocycles. The molecule has 3 heterocycles. The molecule has 0 bridgehead atoms. The number of carbonyl (C=O) groups is 2. The fourth-order valence-corrected chi connectivity index (χ4v) is 4.89. The highest BCUT2D eigenvalue weighted by Crippen LogP contribution is 2.35. The number of rotatable bonds is 8. The van der Waals surface area contributed by atoms with Gasteiger partial charge < -0.3 is 25.4 Å². The van der Waals surface area contributed by atoms with Crippen molar-refractivity contribution in [2.24, 2.45) is 5.92 Å². The zero-order valence-corrected chi connectivity index (χ0v) is 21.0. The lowest BCUT2D eigenvalue weighted by Gasteiger charge is -2.36. The van der Waals surface area contributed by atoms with Gasteiger partial charge in [-0.3, -0.25) is 14.6 Å². The van der Waals surface area contributed by atoms with Gasteiger partial charge in [0.1, 0.15) is 11.9 Å². The number of aliphatic hydroxyl groups is 1. The van der Waals surface area contributed by atoms with Crippen molar-refractivity contribution in [3.05, 3.63) is 58.7 Å². The van der Waals surface area contributed by atoms with Gasteiger partial charge in [0.2, 0.25) is 5.91 Å². The number of halogens is 4. The van der Waals surface area contributed by atoms with Crippen molar-refractivity contribution in [3.63, 3.8) is 0 Å². The number of nitrogens with one attached hydrogen (secondary N) is 2. The number of aryl methyl sites for hydroxylation is 1. The molecule has 2 saturated heterocycles. The Bertz CT molecular complexity index is 1190. The lowest BCUT2D eigenvalue weighted by Crippen LogP contribution is -2.51. The zero-order valence-electron chi connectivity index (χ0n) is 21.0. The summed E-state index contributed by atoms with van der Waals surface area (Å²) in [4.78, 5) is 32.9. The normalized spacial score (nSPS) is 20.7. The van der Waals surface area contributed by atoms with Gasteiger partial charge in [-0.1, -0.05) is 6.07 Å². The van der Waals surface area contributed by atoms with E-state index in [0.717, 1.165) is 12.1 Å². The minimum Gasteiger partial charge on any atom is -0.395 e. The largest absolute Gasteiger partial charge is 0.416 e. The van der Waals surface area contributed by atoms with Crippen LogP contribution < -0.4 is 10.6 Å². The molecule has 3 N–H and O–H groups in total. The van der Waals surface area contributed by atoms with E-state index in [9.17, 15) is 32.3 Å². The average Bonchev–Trinajstić information content (AvgIpc) is 3.22. The quantitative estimate of drug-likeness (QED) is 0.445.